The summed E-state index contributed by atoms with van der Waals surface area (Å²) in [6.45, 7) is 10.2. The standard InChI is InChI=1S/C14H21NO2/c1-8(2)6-13-11(9(3)4)7-12(14(16)17)10(5)15-13/h7-9H,6H2,1-5H3,(H,16,17). The SMILES string of the molecule is Cc1nc(CC(C)C)c(C(C)C)cc1C(=O)O. The number of aromatic carboxylic acids is 1. The number of pyridine rings is 1. The minimum absolute atomic E-state index is 0.301. The molecule has 0 bridgehead atoms. The van der Waals surface area contributed by atoms with Crippen LogP contribution in [-0.2, 0) is 6.42 Å². The molecule has 3 heteroatoms. The molecule has 0 saturated carbocycles. The third-order valence-corrected chi connectivity index (χ3v) is 2.78. The lowest BCUT2D eigenvalue weighted by Crippen LogP contribution is -2.10. The summed E-state index contributed by atoms with van der Waals surface area (Å²) in [7, 11) is 0. The Morgan fingerprint density at radius 3 is 2.35 bits per heavy atom. The molecule has 1 aromatic heterocycles. The van der Waals surface area contributed by atoms with Gasteiger partial charge in [-0.3, -0.25) is 4.98 Å². The Bertz CT molecular complexity index is 422. The average Bonchev–Trinajstić information content (AvgIpc) is 2.15. The van der Waals surface area contributed by atoms with Crippen LogP contribution in [0.4, 0.5) is 0 Å². The van der Waals surface area contributed by atoms with Crippen molar-refractivity contribution in [2.75, 3.05) is 0 Å². The van der Waals surface area contributed by atoms with Crippen LogP contribution in [0.15, 0.2) is 6.07 Å². The number of hydrogen-bond donors (Lipinski definition) is 1. The highest BCUT2D eigenvalue weighted by Gasteiger charge is 2.16. The van der Waals surface area contributed by atoms with E-state index in [-0.39, 0.29) is 0 Å². The fourth-order valence-electron chi connectivity index (χ4n) is 1.94. The van der Waals surface area contributed by atoms with E-state index in [0.717, 1.165) is 17.7 Å². The molecule has 1 aromatic rings. The highest BCUT2D eigenvalue weighted by atomic mass is 16.4. The first-order valence-electron chi connectivity index (χ1n) is 6.06. The molecule has 17 heavy (non-hydrogen) atoms. The van der Waals surface area contributed by atoms with E-state index in [2.05, 4.69) is 32.7 Å². The lowest BCUT2D eigenvalue weighted by molar-refractivity contribution is 0.0695. The van der Waals surface area contributed by atoms with Crippen molar-refractivity contribution in [3.8, 4) is 0 Å². The number of rotatable bonds is 4. The highest BCUT2D eigenvalue weighted by Crippen LogP contribution is 2.23. The number of hydrogen-bond acceptors (Lipinski definition) is 2. The van der Waals surface area contributed by atoms with E-state index in [4.69, 9.17) is 5.11 Å². The van der Waals surface area contributed by atoms with Crippen LogP contribution in [0.3, 0.4) is 0 Å². The minimum Gasteiger partial charge on any atom is -0.478 e. The second kappa shape index (κ2) is 5.30. The van der Waals surface area contributed by atoms with Crippen LogP contribution in [0.1, 0.15) is 60.9 Å². The van der Waals surface area contributed by atoms with E-state index in [1.54, 1.807) is 13.0 Å². The molecule has 0 atom stereocenters. The fraction of sp³-hybridized carbons (Fsp3) is 0.571. The van der Waals surface area contributed by atoms with Crippen LogP contribution < -0.4 is 0 Å². The molecule has 94 valence electrons. The second-order valence-corrected chi connectivity index (χ2v) is 5.22. The molecule has 0 spiro atoms. The summed E-state index contributed by atoms with van der Waals surface area (Å²) in [4.78, 5) is 15.6. The van der Waals surface area contributed by atoms with Crippen molar-refractivity contribution in [2.45, 2.75) is 47.0 Å². The molecule has 0 fully saturated rings. The predicted molar refractivity (Wildman–Crippen MR) is 68.6 cm³/mol. The summed E-state index contributed by atoms with van der Waals surface area (Å²) in [5.74, 6) is -0.0713. The van der Waals surface area contributed by atoms with Crippen LogP contribution in [0.25, 0.3) is 0 Å². The maximum absolute atomic E-state index is 11.1. The number of carboxylic acids is 1. The predicted octanol–water partition coefficient (Wildman–Crippen LogP) is 3.41. The van der Waals surface area contributed by atoms with Crippen molar-refractivity contribution >= 4 is 5.97 Å². The van der Waals surface area contributed by atoms with E-state index >= 15 is 0 Å². The van der Waals surface area contributed by atoms with Gasteiger partial charge in [0.15, 0.2) is 0 Å². The van der Waals surface area contributed by atoms with E-state index in [0.29, 0.717) is 23.1 Å². The van der Waals surface area contributed by atoms with Gasteiger partial charge in [-0.15, -0.1) is 0 Å². The maximum Gasteiger partial charge on any atom is 0.337 e. The molecule has 0 aliphatic rings. The molecule has 3 nitrogen and oxygen atoms in total. The Kier molecular flexibility index (Phi) is 4.27. The van der Waals surface area contributed by atoms with Crippen molar-refractivity contribution in [1.82, 2.24) is 4.98 Å². The molecule has 1 rings (SSSR count). The van der Waals surface area contributed by atoms with Gasteiger partial charge in [0.2, 0.25) is 0 Å². The van der Waals surface area contributed by atoms with Crippen LogP contribution in [-0.4, -0.2) is 16.1 Å². The summed E-state index contributed by atoms with van der Waals surface area (Å²) in [5.41, 5.74) is 3.03. The Balaban J connectivity index is 3.30. The largest absolute Gasteiger partial charge is 0.478 e. The Labute approximate surface area is 103 Å². The number of nitrogens with zero attached hydrogens (tertiary/aromatic N) is 1. The van der Waals surface area contributed by atoms with Gasteiger partial charge in [-0.25, -0.2) is 4.79 Å². The molecule has 0 aliphatic heterocycles. The van der Waals surface area contributed by atoms with E-state index < -0.39 is 5.97 Å². The van der Waals surface area contributed by atoms with Gasteiger partial charge < -0.3 is 5.11 Å². The van der Waals surface area contributed by atoms with Crippen molar-refractivity contribution < 1.29 is 9.90 Å². The van der Waals surface area contributed by atoms with E-state index in [9.17, 15) is 4.79 Å². The van der Waals surface area contributed by atoms with Gasteiger partial charge in [-0.2, -0.15) is 0 Å². The third kappa shape index (κ3) is 3.29. The minimum atomic E-state index is -0.895. The maximum atomic E-state index is 11.1. The number of aryl methyl sites for hydroxylation is 1. The number of carboxylic acid groups (broad SMARTS) is 1. The van der Waals surface area contributed by atoms with Crippen molar-refractivity contribution in [3.63, 3.8) is 0 Å². The van der Waals surface area contributed by atoms with Gasteiger partial charge in [0.1, 0.15) is 0 Å². The summed E-state index contributed by atoms with van der Waals surface area (Å²) in [6, 6.07) is 1.78. The topological polar surface area (TPSA) is 50.2 Å². The third-order valence-electron chi connectivity index (χ3n) is 2.78. The van der Waals surface area contributed by atoms with Crippen molar-refractivity contribution in [3.05, 3.63) is 28.6 Å². The van der Waals surface area contributed by atoms with E-state index in [1.807, 2.05) is 0 Å². The monoisotopic (exact) mass is 235 g/mol. The first-order valence-corrected chi connectivity index (χ1v) is 6.06. The molecular formula is C14H21NO2. The number of carbonyl (C=O) groups is 1. The zero-order chi connectivity index (χ0) is 13.2. The van der Waals surface area contributed by atoms with Crippen LogP contribution in [0.2, 0.25) is 0 Å². The molecule has 1 heterocycles. The molecule has 0 radical (unpaired) electrons. The van der Waals surface area contributed by atoms with Gasteiger partial charge in [0.05, 0.1) is 11.3 Å². The molecule has 0 saturated heterocycles. The highest BCUT2D eigenvalue weighted by molar-refractivity contribution is 5.89. The zero-order valence-electron chi connectivity index (χ0n) is 11.2. The summed E-state index contributed by atoms with van der Waals surface area (Å²) < 4.78 is 0. The van der Waals surface area contributed by atoms with E-state index in [1.165, 1.54) is 0 Å². The number of aromatic nitrogens is 1. The first-order chi connectivity index (χ1) is 7.82. The van der Waals surface area contributed by atoms with Gasteiger partial charge in [-0.1, -0.05) is 27.7 Å². The van der Waals surface area contributed by atoms with Crippen LogP contribution >= 0.6 is 0 Å². The van der Waals surface area contributed by atoms with Crippen molar-refractivity contribution in [1.29, 1.82) is 0 Å². The Morgan fingerprint density at radius 2 is 1.94 bits per heavy atom. The van der Waals surface area contributed by atoms with Gasteiger partial charge in [0.25, 0.3) is 0 Å². The zero-order valence-corrected chi connectivity index (χ0v) is 11.2. The van der Waals surface area contributed by atoms with Gasteiger partial charge in [0, 0.05) is 5.69 Å². The summed E-state index contributed by atoms with van der Waals surface area (Å²) >= 11 is 0. The Hall–Kier alpha value is -1.38. The average molecular weight is 235 g/mol. The van der Waals surface area contributed by atoms with Crippen LogP contribution in [0.5, 0.6) is 0 Å². The van der Waals surface area contributed by atoms with Crippen LogP contribution in [0, 0.1) is 12.8 Å². The Morgan fingerprint density at radius 1 is 1.35 bits per heavy atom. The smallest absolute Gasteiger partial charge is 0.337 e. The molecule has 0 aromatic carbocycles. The quantitative estimate of drug-likeness (QED) is 0.870. The summed E-state index contributed by atoms with van der Waals surface area (Å²) in [5, 5.41) is 9.10. The first kappa shape index (κ1) is 13.7. The molecular weight excluding hydrogens is 214 g/mol. The molecule has 1 N–H and O–H groups in total. The van der Waals surface area contributed by atoms with Gasteiger partial charge >= 0.3 is 5.97 Å². The summed E-state index contributed by atoms with van der Waals surface area (Å²) in [6.07, 6.45) is 0.897. The lowest BCUT2D eigenvalue weighted by atomic mass is 9.94. The lowest BCUT2D eigenvalue weighted by Gasteiger charge is -2.16. The van der Waals surface area contributed by atoms with Crippen molar-refractivity contribution in [2.24, 2.45) is 5.92 Å². The second-order valence-electron chi connectivity index (χ2n) is 5.22. The molecule has 0 aliphatic carbocycles. The molecule has 0 unspecified atom stereocenters. The van der Waals surface area contributed by atoms with Gasteiger partial charge in [-0.05, 0) is 36.8 Å². The fourth-order valence-corrected chi connectivity index (χ4v) is 1.94. The normalized spacial score (nSPS) is 11.2. The molecule has 0 amide bonds.